The van der Waals surface area contributed by atoms with Gasteiger partial charge in [-0.05, 0) is 32.2 Å². The maximum Gasteiger partial charge on any atom is 0.406 e. The number of anilines is 1. The molecule has 1 aromatic rings. The highest BCUT2D eigenvalue weighted by atomic mass is 32.1. The Morgan fingerprint density at radius 2 is 2.10 bits per heavy atom. The first-order valence-corrected chi connectivity index (χ1v) is 8.15. The summed E-state index contributed by atoms with van der Waals surface area (Å²) >= 11 is 1.40. The summed E-state index contributed by atoms with van der Waals surface area (Å²) in [5.74, 6) is 0.269. The second-order valence-corrected chi connectivity index (χ2v) is 6.68. The molecule has 1 heterocycles. The molecule has 0 aliphatic heterocycles. The van der Waals surface area contributed by atoms with Gasteiger partial charge in [0, 0.05) is 17.5 Å². The normalized spacial score (nSPS) is 17.0. The van der Waals surface area contributed by atoms with Gasteiger partial charge < -0.3 is 10.2 Å². The summed E-state index contributed by atoms with van der Waals surface area (Å²) < 4.78 is 38.3. The van der Waals surface area contributed by atoms with Crippen LogP contribution in [-0.2, 0) is 6.54 Å². The summed E-state index contributed by atoms with van der Waals surface area (Å²) in [6, 6.07) is 0.00462. The molecule has 120 valence electrons. The average molecular weight is 321 g/mol. The van der Waals surface area contributed by atoms with Gasteiger partial charge in [-0.1, -0.05) is 13.8 Å². The number of nitrogens with zero attached hydrogens (tertiary/aromatic N) is 2. The van der Waals surface area contributed by atoms with E-state index in [1.54, 1.807) is 0 Å². The van der Waals surface area contributed by atoms with Crippen LogP contribution in [0.3, 0.4) is 0 Å². The molecular weight excluding hydrogens is 299 g/mol. The molecule has 0 saturated heterocycles. The van der Waals surface area contributed by atoms with Crippen molar-refractivity contribution in [1.29, 1.82) is 0 Å². The monoisotopic (exact) mass is 321 g/mol. The number of aromatic nitrogens is 1. The second kappa shape index (κ2) is 6.52. The lowest BCUT2D eigenvalue weighted by molar-refractivity contribution is -0.120. The summed E-state index contributed by atoms with van der Waals surface area (Å²) in [6.45, 7) is 3.90. The van der Waals surface area contributed by atoms with Crippen molar-refractivity contribution < 1.29 is 13.2 Å². The van der Waals surface area contributed by atoms with Crippen LogP contribution >= 0.6 is 11.3 Å². The second-order valence-electron chi connectivity index (χ2n) is 5.62. The van der Waals surface area contributed by atoms with Crippen LogP contribution in [0.5, 0.6) is 0 Å². The van der Waals surface area contributed by atoms with Gasteiger partial charge in [0.15, 0.2) is 5.13 Å². The minimum atomic E-state index is -4.19. The lowest BCUT2D eigenvalue weighted by Crippen LogP contribution is -2.35. The third kappa shape index (κ3) is 4.32. The molecule has 1 atom stereocenters. The van der Waals surface area contributed by atoms with E-state index in [0.717, 1.165) is 29.8 Å². The molecular formula is C14H22F3N3S. The topological polar surface area (TPSA) is 28.2 Å². The number of rotatable bonds is 7. The third-order valence-electron chi connectivity index (χ3n) is 3.72. The first kappa shape index (κ1) is 16.5. The molecule has 0 amide bonds. The SMILES string of the molecule is CCC(C)c1nc(N(CC(F)(F)F)C2CC2)sc1CNC. The van der Waals surface area contributed by atoms with E-state index in [-0.39, 0.29) is 12.0 Å². The van der Waals surface area contributed by atoms with E-state index >= 15 is 0 Å². The van der Waals surface area contributed by atoms with Crippen molar-refractivity contribution in [3.8, 4) is 0 Å². The lowest BCUT2D eigenvalue weighted by atomic mass is 10.0. The van der Waals surface area contributed by atoms with Crippen LogP contribution in [-0.4, -0.2) is 30.8 Å². The van der Waals surface area contributed by atoms with Crippen molar-refractivity contribution in [3.05, 3.63) is 10.6 Å². The molecule has 2 rings (SSSR count). The average Bonchev–Trinajstić information content (AvgIpc) is 3.16. The molecule has 1 unspecified atom stereocenters. The van der Waals surface area contributed by atoms with Gasteiger partial charge in [-0.15, -0.1) is 11.3 Å². The highest BCUT2D eigenvalue weighted by Crippen LogP contribution is 2.39. The number of hydrogen-bond donors (Lipinski definition) is 1. The van der Waals surface area contributed by atoms with E-state index in [9.17, 15) is 13.2 Å². The molecule has 0 radical (unpaired) electrons. The first-order valence-electron chi connectivity index (χ1n) is 7.33. The third-order valence-corrected chi connectivity index (χ3v) is 4.82. The summed E-state index contributed by atoms with van der Waals surface area (Å²) in [6.07, 6.45) is -1.60. The van der Waals surface area contributed by atoms with Crippen molar-refractivity contribution in [1.82, 2.24) is 10.3 Å². The largest absolute Gasteiger partial charge is 0.406 e. The molecule has 1 saturated carbocycles. The van der Waals surface area contributed by atoms with Gasteiger partial charge in [0.05, 0.1) is 5.69 Å². The van der Waals surface area contributed by atoms with Crippen LogP contribution in [0.25, 0.3) is 0 Å². The molecule has 0 spiro atoms. The predicted molar refractivity (Wildman–Crippen MR) is 80.0 cm³/mol. The highest BCUT2D eigenvalue weighted by molar-refractivity contribution is 7.15. The minimum Gasteiger partial charge on any atom is -0.336 e. The molecule has 1 aliphatic carbocycles. The lowest BCUT2D eigenvalue weighted by Gasteiger charge is -2.22. The smallest absolute Gasteiger partial charge is 0.336 e. The van der Waals surface area contributed by atoms with Crippen LogP contribution < -0.4 is 10.2 Å². The molecule has 3 nitrogen and oxygen atoms in total. The fourth-order valence-corrected chi connectivity index (χ4v) is 3.53. The summed E-state index contributed by atoms with van der Waals surface area (Å²) in [4.78, 5) is 7.04. The maximum atomic E-state index is 12.8. The number of halogens is 3. The Morgan fingerprint density at radius 3 is 2.57 bits per heavy atom. The number of nitrogens with one attached hydrogen (secondary N) is 1. The van der Waals surface area contributed by atoms with Crippen LogP contribution in [0.1, 0.15) is 49.6 Å². The minimum absolute atomic E-state index is 0.00462. The van der Waals surface area contributed by atoms with Crippen LogP contribution in [0.15, 0.2) is 0 Å². The van der Waals surface area contributed by atoms with E-state index in [1.165, 1.54) is 16.2 Å². The van der Waals surface area contributed by atoms with Crippen molar-refractivity contribution in [3.63, 3.8) is 0 Å². The maximum absolute atomic E-state index is 12.8. The van der Waals surface area contributed by atoms with Crippen LogP contribution in [0.4, 0.5) is 18.3 Å². The number of hydrogen-bond acceptors (Lipinski definition) is 4. The zero-order valence-electron chi connectivity index (χ0n) is 12.6. The number of thiazole rings is 1. The van der Waals surface area contributed by atoms with Gasteiger partial charge in [-0.2, -0.15) is 13.2 Å². The Labute approximate surface area is 127 Å². The van der Waals surface area contributed by atoms with E-state index in [4.69, 9.17) is 0 Å². The summed E-state index contributed by atoms with van der Waals surface area (Å²) in [5, 5.41) is 3.60. The molecule has 0 aromatic carbocycles. The Morgan fingerprint density at radius 1 is 1.43 bits per heavy atom. The molecule has 21 heavy (non-hydrogen) atoms. The van der Waals surface area contributed by atoms with Crippen molar-refractivity contribution >= 4 is 16.5 Å². The number of alkyl halides is 3. The van der Waals surface area contributed by atoms with Crippen molar-refractivity contribution in [2.24, 2.45) is 0 Å². The van der Waals surface area contributed by atoms with Crippen LogP contribution in [0.2, 0.25) is 0 Å². The molecule has 1 aliphatic rings. The fourth-order valence-electron chi connectivity index (χ4n) is 2.27. The molecule has 0 bridgehead atoms. The highest BCUT2D eigenvalue weighted by Gasteiger charge is 2.39. The predicted octanol–water partition coefficient (Wildman–Crippen LogP) is 3.91. The van der Waals surface area contributed by atoms with Crippen LogP contribution in [0, 0.1) is 0 Å². The van der Waals surface area contributed by atoms with Gasteiger partial charge >= 0.3 is 6.18 Å². The molecule has 1 N–H and O–H groups in total. The quantitative estimate of drug-likeness (QED) is 0.825. The van der Waals surface area contributed by atoms with E-state index in [1.807, 2.05) is 7.05 Å². The Hall–Kier alpha value is -0.820. The van der Waals surface area contributed by atoms with Gasteiger partial charge in [-0.3, -0.25) is 0 Å². The Kier molecular flexibility index (Phi) is 5.14. The molecule has 1 aromatic heterocycles. The standard InChI is InChI=1S/C14H22F3N3S/c1-4-9(2)12-11(7-18-3)21-13(19-12)20(10-5-6-10)8-14(15,16)17/h9-10,18H,4-8H2,1-3H3. The van der Waals surface area contributed by atoms with Gasteiger partial charge in [0.2, 0.25) is 0 Å². The fraction of sp³-hybridized carbons (Fsp3) is 0.786. The van der Waals surface area contributed by atoms with Crippen molar-refractivity contribution in [2.75, 3.05) is 18.5 Å². The summed E-state index contributed by atoms with van der Waals surface area (Å²) in [5.41, 5.74) is 0.944. The van der Waals surface area contributed by atoms with Crippen molar-refractivity contribution in [2.45, 2.75) is 57.8 Å². The van der Waals surface area contributed by atoms with Gasteiger partial charge in [-0.25, -0.2) is 4.98 Å². The van der Waals surface area contributed by atoms with E-state index in [0.29, 0.717) is 11.7 Å². The van der Waals surface area contributed by atoms with Gasteiger partial charge in [0.1, 0.15) is 6.54 Å². The van der Waals surface area contributed by atoms with Gasteiger partial charge in [0.25, 0.3) is 0 Å². The Balaban J connectivity index is 2.28. The zero-order chi connectivity index (χ0) is 15.6. The molecule has 7 heteroatoms. The first-order chi connectivity index (χ1) is 9.85. The van der Waals surface area contributed by atoms with E-state index in [2.05, 4.69) is 24.1 Å². The summed E-state index contributed by atoms with van der Waals surface area (Å²) in [7, 11) is 1.84. The Bertz CT molecular complexity index is 469. The van der Waals surface area contributed by atoms with E-state index < -0.39 is 12.7 Å². The molecule has 1 fully saturated rings. The zero-order valence-corrected chi connectivity index (χ0v) is 13.4.